The number of urea groups is 1. The van der Waals surface area contributed by atoms with Crippen molar-refractivity contribution in [1.82, 2.24) is 5.32 Å². The van der Waals surface area contributed by atoms with Crippen LogP contribution in [0, 0.1) is 0 Å². The van der Waals surface area contributed by atoms with Gasteiger partial charge in [-0.25, -0.2) is 9.59 Å². The van der Waals surface area contributed by atoms with Gasteiger partial charge in [-0.05, 0) is 18.2 Å². The molecule has 0 unspecified atom stereocenters. The molecule has 0 heterocycles. The number of hydrogen-bond donors (Lipinski definition) is 3. The quantitative estimate of drug-likeness (QED) is 0.549. The largest absolute Gasteiger partial charge is 0.452 e. The minimum Gasteiger partial charge on any atom is -0.452 e. The highest BCUT2D eigenvalue weighted by Crippen LogP contribution is 2.17. The van der Waals surface area contributed by atoms with Crippen LogP contribution in [-0.4, -0.2) is 24.5 Å². The molecule has 1 rings (SSSR count). The van der Waals surface area contributed by atoms with E-state index in [1.165, 1.54) is 12.1 Å². The zero-order valence-corrected chi connectivity index (χ0v) is 10.7. The van der Waals surface area contributed by atoms with Gasteiger partial charge < -0.3 is 16.2 Å². The summed E-state index contributed by atoms with van der Waals surface area (Å²) in [6.45, 7) is -0.603. The van der Waals surface area contributed by atoms with E-state index < -0.39 is 24.5 Å². The summed E-state index contributed by atoms with van der Waals surface area (Å²) in [5, 5.41) is 1.76. The molecule has 0 saturated heterocycles. The smallest absolute Gasteiger partial charge is 0.338 e. The van der Waals surface area contributed by atoms with Crippen molar-refractivity contribution in [2.75, 3.05) is 12.3 Å². The molecule has 0 aliphatic carbocycles. The number of esters is 1. The Balaban J connectivity index is 2.60. The molecule has 5 N–H and O–H groups in total. The van der Waals surface area contributed by atoms with Crippen LogP contribution in [0.5, 0.6) is 0 Å². The predicted octanol–water partition coefficient (Wildman–Crippen LogP) is 0.383. The van der Waals surface area contributed by atoms with Crippen LogP contribution in [0.25, 0.3) is 0 Å². The Morgan fingerprint density at radius 2 is 1.94 bits per heavy atom. The number of nitrogen functional groups attached to an aromatic ring is 1. The summed E-state index contributed by atoms with van der Waals surface area (Å²) in [4.78, 5) is 32.9. The normalized spacial score (nSPS) is 9.61. The molecule has 0 bridgehead atoms. The van der Waals surface area contributed by atoms with Crippen molar-refractivity contribution in [2.45, 2.75) is 0 Å². The van der Waals surface area contributed by atoms with E-state index in [-0.39, 0.29) is 5.56 Å². The Bertz CT molecular complexity index is 484. The second-order valence-corrected chi connectivity index (χ2v) is 4.18. The number of rotatable bonds is 3. The Morgan fingerprint density at radius 3 is 2.50 bits per heavy atom. The molecule has 0 spiro atoms. The van der Waals surface area contributed by atoms with Crippen LogP contribution in [0.15, 0.2) is 22.7 Å². The van der Waals surface area contributed by atoms with E-state index in [1.54, 1.807) is 11.4 Å². The summed E-state index contributed by atoms with van der Waals surface area (Å²) < 4.78 is 5.27. The molecule has 0 aromatic heterocycles. The first-order valence-electron chi connectivity index (χ1n) is 4.71. The zero-order chi connectivity index (χ0) is 13.7. The molecular weight excluding hydrogens is 306 g/mol. The number of primary amides is 1. The lowest BCUT2D eigenvalue weighted by Gasteiger charge is -2.05. The van der Waals surface area contributed by atoms with E-state index in [1.807, 2.05) is 0 Å². The van der Waals surface area contributed by atoms with Gasteiger partial charge >= 0.3 is 12.0 Å². The molecule has 8 heteroatoms. The molecule has 1 aromatic carbocycles. The number of carbonyl (C=O) groups is 3. The first kappa shape index (κ1) is 14.0. The molecule has 0 fully saturated rings. The molecule has 96 valence electrons. The Labute approximate surface area is 111 Å². The average molecular weight is 316 g/mol. The predicted molar refractivity (Wildman–Crippen MR) is 66.6 cm³/mol. The molecule has 0 radical (unpaired) electrons. The first-order chi connectivity index (χ1) is 8.38. The highest BCUT2D eigenvalue weighted by molar-refractivity contribution is 9.10. The van der Waals surface area contributed by atoms with E-state index in [0.29, 0.717) is 10.2 Å². The molecule has 18 heavy (non-hydrogen) atoms. The highest BCUT2D eigenvalue weighted by Gasteiger charge is 2.12. The van der Waals surface area contributed by atoms with Crippen molar-refractivity contribution in [3.63, 3.8) is 0 Å². The fourth-order valence-corrected chi connectivity index (χ4v) is 1.63. The third-order valence-electron chi connectivity index (χ3n) is 1.75. The number of nitrogens with two attached hydrogens (primary N) is 2. The van der Waals surface area contributed by atoms with Gasteiger partial charge in [-0.3, -0.25) is 10.1 Å². The molecule has 0 aliphatic rings. The van der Waals surface area contributed by atoms with Crippen LogP contribution in [0.3, 0.4) is 0 Å². The second kappa shape index (κ2) is 6.01. The molecule has 1 aromatic rings. The minimum absolute atomic E-state index is 0.189. The van der Waals surface area contributed by atoms with Crippen molar-refractivity contribution < 1.29 is 19.1 Å². The maximum Gasteiger partial charge on any atom is 0.338 e. The van der Waals surface area contributed by atoms with Crippen LogP contribution in [-0.2, 0) is 9.53 Å². The lowest BCUT2D eigenvalue weighted by molar-refractivity contribution is -0.123. The number of imide groups is 1. The van der Waals surface area contributed by atoms with Crippen LogP contribution in [0.4, 0.5) is 10.5 Å². The van der Waals surface area contributed by atoms with E-state index in [0.717, 1.165) is 0 Å². The summed E-state index contributed by atoms with van der Waals surface area (Å²) in [5.74, 6) is -1.54. The summed E-state index contributed by atoms with van der Waals surface area (Å²) in [5.41, 5.74) is 10.8. The Kier molecular flexibility index (Phi) is 4.67. The fourth-order valence-electron chi connectivity index (χ4n) is 1.12. The highest BCUT2D eigenvalue weighted by atomic mass is 79.9. The summed E-state index contributed by atoms with van der Waals surface area (Å²) >= 11 is 3.17. The first-order valence-corrected chi connectivity index (χ1v) is 5.50. The van der Waals surface area contributed by atoms with Gasteiger partial charge in [-0.1, -0.05) is 15.9 Å². The molecule has 7 nitrogen and oxygen atoms in total. The summed E-state index contributed by atoms with van der Waals surface area (Å²) in [7, 11) is 0. The fraction of sp³-hybridized carbons (Fsp3) is 0.100. The second-order valence-electron chi connectivity index (χ2n) is 3.26. The number of benzene rings is 1. The lowest BCUT2D eigenvalue weighted by atomic mass is 10.2. The SMILES string of the molecule is NC(=O)NC(=O)COC(=O)c1cc(N)cc(Br)c1. The van der Waals surface area contributed by atoms with Crippen molar-refractivity contribution in [3.05, 3.63) is 28.2 Å². The third-order valence-corrected chi connectivity index (χ3v) is 2.21. The van der Waals surface area contributed by atoms with E-state index in [4.69, 9.17) is 11.5 Å². The van der Waals surface area contributed by atoms with Crippen molar-refractivity contribution in [2.24, 2.45) is 5.73 Å². The Hall–Kier alpha value is -2.09. The van der Waals surface area contributed by atoms with Gasteiger partial charge in [-0.2, -0.15) is 0 Å². The van der Waals surface area contributed by atoms with Gasteiger partial charge in [0.25, 0.3) is 5.91 Å². The molecule has 0 saturated carbocycles. The van der Waals surface area contributed by atoms with Crippen LogP contribution < -0.4 is 16.8 Å². The molecule has 3 amide bonds. The van der Waals surface area contributed by atoms with Gasteiger partial charge in [0.15, 0.2) is 6.61 Å². The maximum absolute atomic E-state index is 11.5. The Morgan fingerprint density at radius 1 is 1.28 bits per heavy atom. The lowest BCUT2D eigenvalue weighted by Crippen LogP contribution is -2.37. The number of halogens is 1. The monoisotopic (exact) mass is 315 g/mol. The van der Waals surface area contributed by atoms with Gasteiger partial charge in [0.1, 0.15) is 0 Å². The average Bonchev–Trinajstić information content (AvgIpc) is 2.23. The standard InChI is InChI=1S/C10H10BrN3O4/c11-6-1-5(2-7(12)3-6)9(16)18-4-8(15)14-10(13)17/h1-3H,4,12H2,(H3,13,14,15,17). The summed E-state index contributed by atoms with van der Waals surface area (Å²) in [6, 6.07) is 3.49. The maximum atomic E-state index is 11.5. The molecular formula is C10H10BrN3O4. The number of amides is 3. The van der Waals surface area contributed by atoms with Gasteiger partial charge in [0.2, 0.25) is 0 Å². The number of nitrogens with one attached hydrogen (secondary N) is 1. The number of anilines is 1. The van der Waals surface area contributed by atoms with Crippen LogP contribution in [0.1, 0.15) is 10.4 Å². The van der Waals surface area contributed by atoms with Crippen LogP contribution in [0.2, 0.25) is 0 Å². The van der Waals surface area contributed by atoms with E-state index >= 15 is 0 Å². The zero-order valence-electron chi connectivity index (χ0n) is 9.10. The van der Waals surface area contributed by atoms with Crippen LogP contribution >= 0.6 is 15.9 Å². The minimum atomic E-state index is -1.01. The van der Waals surface area contributed by atoms with E-state index in [2.05, 4.69) is 20.7 Å². The molecule has 0 atom stereocenters. The van der Waals surface area contributed by atoms with Crippen molar-refractivity contribution >= 4 is 39.5 Å². The number of carbonyl (C=O) groups excluding carboxylic acids is 3. The summed E-state index contributed by atoms with van der Waals surface area (Å²) in [6.07, 6.45) is 0. The van der Waals surface area contributed by atoms with Gasteiger partial charge in [0, 0.05) is 10.2 Å². The number of hydrogen-bond acceptors (Lipinski definition) is 5. The molecule has 0 aliphatic heterocycles. The van der Waals surface area contributed by atoms with Gasteiger partial charge in [0.05, 0.1) is 5.56 Å². The van der Waals surface area contributed by atoms with Crippen molar-refractivity contribution in [3.8, 4) is 0 Å². The topological polar surface area (TPSA) is 125 Å². The van der Waals surface area contributed by atoms with Crippen molar-refractivity contribution in [1.29, 1.82) is 0 Å². The van der Waals surface area contributed by atoms with E-state index in [9.17, 15) is 14.4 Å². The third kappa shape index (κ3) is 4.42. The number of ether oxygens (including phenoxy) is 1. The van der Waals surface area contributed by atoms with Gasteiger partial charge in [-0.15, -0.1) is 0 Å².